The van der Waals surface area contributed by atoms with Gasteiger partial charge in [-0.15, -0.1) is 0 Å². The van der Waals surface area contributed by atoms with Crippen LogP contribution in [0.15, 0.2) is 18.2 Å². The van der Waals surface area contributed by atoms with Crippen molar-refractivity contribution in [3.05, 3.63) is 29.3 Å². The van der Waals surface area contributed by atoms with Gasteiger partial charge in [-0.1, -0.05) is 12.1 Å². The molecule has 0 aromatic heterocycles. The molecule has 2 spiro atoms. The number of Topliss-reactive ketones (excluding diaryl/α,β-unsaturated/α-hetero) is 1. The zero-order chi connectivity index (χ0) is 16.1. The van der Waals surface area contributed by atoms with Gasteiger partial charge in [0, 0.05) is 12.2 Å². The molecule has 6 nitrogen and oxygen atoms in total. The Hall–Kier alpha value is -1.47. The van der Waals surface area contributed by atoms with Crippen molar-refractivity contribution in [2.24, 2.45) is 0 Å². The standard InChI is InChI=1S/C17H20O6/c1-20-12-6-4-5-11-13(12)17(22-9-10-23-17)15(19)16(14(11)18)7-2-3-8-21-16/h4-6,15,19H,2-3,7-10H2,1H3/t15-,16+/m0/s1. The Morgan fingerprint density at radius 3 is 2.61 bits per heavy atom. The summed E-state index contributed by atoms with van der Waals surface area (Å²) in [6.07, 6.45) is 0.923. The summed E-state index contributed by atoms with van der Waals surface area (Å²) in [6.45, 7) is 1.13. The van der Waals surface area contributed by atoms with Crippen molar-refractivity contribution < 1.29 is 28.8 Å². The van der Waals surface area contributed by atoms with Crippen LogP contribution in [0.25, 0.3) is 0 Å². The normalized spacial score (nSPS) is 32.3. The third-order valence-electron chi connectivity index (χ3n) is 5.04. The number of ketones is 1. The van der Waals surface area contributed by atoms with Crippen LogP contribution < -0.4 is 4.74 Å². The van der Waals surface area contributed by atoms with E-state index in [1.165, 1.54) is 7.11 Å². The van der Waals surface area contributed by atoms with Gasteiger partial charge in [-0.05, 0) is 25.3 Å². The van der Waals surface area contributed by atoms with Crippen LogP contribution in [0.2, 0.25) is 0 Å². The Balaban J connectivity index is 1.96. The first-order chi connectivity index (χ1) is 11.2. The van der Waals surface area contributed by atoms with Crippen LogP contribution in [0, 0.1) is 0 Å². The highest BCUT2D eigenvalue weighted by molar-refractivity contribution is 6.06. The van der Waals surface area contributed by atoms with Crippen LogP contribution in [0.4, 0.5) is 0 Å². The topological polar surface area (TPSA) is 74.2 Å². The number of aliphatic hydroxyl groups is 1. The lowest BCUT2D eigenvalue weighted by Gasteiger charge is -2.49. The second-order valence-electron chi connectivity index (χ2n) is 6.17. The van der Waals surface area contributed by atoms with Gasteiger partial charge in [0.1, 0.15) is 11.9 Å². The number of hydrogen-bond acceptors (Lipinski definition) is 6. The van der Waals surface area contributed by atoms with Crippen molar-refractivity contribution in [3.63, 3.8) is 0 Å². The van der Waals surface area contributed by atoms with Crippen molar-refractivity contribution >= 4 is 5.78 Å². The van der Waals surface area contributed by atoms with Crippen molar-refractivity contribution in [1.29, 1.82) is 0 Å². The molecule has 2 atom stereocenters. The number of rotatable bonds is 1. The summed E-state index contributed by atoms with van der Waals surface area (Å²) in [5.41, 5.74) is -0.391. The molecule has 4 rings (SSSR count). The second-order valence-corrected chi connectivity index (χ2v) is 6.17. The molecule has 124 valence electrons. The highest BCUT2D eigenvalue weighted by atomic mass is 16.8. The number of hydrogen-bond donors (Lipinski definition) is 1. The van der Waals surface area contributed by atoms with E-state index in [1.54, 1.807) is 18.2 Å². The van der Waals surface area contributed by atoms with E-state index in [0.717, 1.165) is 12.8 Å². The van der Waals surface area contributed by atoms with Crippen LogP contribution in [-0.2, 0) is 20.0 Å². The summed E-state index contributed by atoms with van der Waals surface area (Å²) in [7, 11) is 1.52. The summed E-state index contributed by atoms with van der Waals surface area (Å²) < 4.78 is 23.0. The van der Waals surface area contributed by atoms with Gasteiger partial charge in [-0.25, -0.2) is 0 Å². The first-order valence-corrected chi connectivity index (χ1v) is 7.98. The minimum Gasteiger partial charge on any atom is -0.496 e. The number of carbonyl (C=O) groups is 1. The van der Waals surface area contributed by atoms with Gasteiger partial charge in [0.05, 0.1) is 25.9 Å². The molecule has 2 heterocycles. The lowest BCUT2D eigenvalue weighted by molar-refractivity contribution is -0.281. The Morgan fingerprint density at radius 2 is 1.96 bits per heavy atom. The number of carbonyl (C=O) groups excluding carboxylic acids is 1. The molecule has 2 aliphatic heterocycles. The molecule has 2 saturated heterocycles. The quantitative estimate of drug-likeness (QED) is 0.843. The van der Waals surface area contributed by atoms with Crippen molar-refractivity contribution in [3.8, 4) is 5.75 Å². The smallest absolute Gasteiger partial charge is 0.229 e. The van der Waals surface area contributed by atoms with Gasteiger partial charge in [-0.2, -0.15) is 0 Å². The molecular weight excluding hydrogens is 300 g/mol. The van der Waals surface area contributed by atoms with E-state index in [9.17, 15) is 9.90 Å². The van der Waals surface area contributed by atoms with E-state index in [4.69, 9.17) is 18.9 Å². The van der Waals surface area contributed by atoms with Crippen molar-refractivity contribution in [1.82, 2.24) is 0 Å². The van der Waals surface area contributed by atoms with Gasteiger partial charge in [-0.3, -0.25) is 4.79 Å². The first kappa shape index (κ1) is 15.1. The Kier molecular flexibility index (Phi) is 3.46. The monoisotopic (exact) mass is 320 g/mol. The van der Waals surface area contributed by atoms with E-state index in [2.05, 4.69) is 0 Å². The fourth-order valence-electron chi connectivity index (χ4n) is 3.99. The molecule has 1 aromatic carbocycles. The summed E-state index contributed by atoms with van der Waals surface area (Å²) in [5, 5.41) is 11.1. The van der Waals surface area contributed by atoms with Gasteiger partial charge in [0.25, 0.3) is 0 Å². The van der Waals surface area contributed by atoms with Crippen LogP contribution >= 0.6 is 0 Å². The average molecular weight is 320 g/mol. The minimum atomic E-state index is -1.41. The fourth-order valence-corrected chi connectivity index (χ4v) is 3.99. The number of benzene rings is 1. The second kappa shape index (κ2) is 5.27. The minimum absolute atomic E-state index is 0.219. The Bertz CT molecular complexity index is 628. The van der Waals surface area contributed by atoms with E-state index in [-0.39, 0.29) is 5.78 Å². The van der Waals surface area contributed by atoms with E-state index < -0.39 is 17.5 Å². The van der Waals surface area contributed by atoms with Crippen molar-refractivity contribution in [2.45, 2.75) is 36.8 Å². The number of aliphatic hydroxyl groups excluding tert-OH is 1. The van der Waals surface area contributed by atoms with Gasteiger partial charge in [0.2, 0.25) is 5.79 Å². The molecular formula is C17H20O6. The molecule has 0 unspecified atom stereocenters. The largest absolute Gasteiger partial charge is 0.496 e. The summed E-state index contributed by atoms with van der Waals surface area (Å²) in [6, 6.07) is 5.22. The first-order valence-electron chi connectivity index (χ1n) is 7.98. The Labute approximate surface area is 134 Å². The predicted molar refractivity (Wildman–Crippen MR) is 79.4 cm³/mol. The third-order valence-corrected chi connectivity index (χ3v) is 5.04. The highest BCUT2D eigenvalue weighted by Gasteiger charge is 2.65. The molecule has 0 saturated carbocycles. The molecule has 0 amide bonds. The van der Waals surface area contributed by atoms with E-state index >= 15 is 0 Å². The predicted octanol–water partition coefficient (Wildman–Crippen LogP) is 1.39. The summed E-state index contributed by atoms with van der Waals surface area (Å²) >= 11 is 0. The lowest BCUT2D eigenvalue weighted by Crippen LogP contribution is -2.65. The highest BCUT2D eigenvalue weighted by Crippen LogP contribution is 2.52. The summed E-state index contributed by atoms with van der Waals surface area (Å²) in [4.78, 5) is 13.2. The zero-order valence-electron chi connectivity index (χ0n) is 13.0. The molecule has 3 aliphatic rings. The molecule has 1 aliphatic carbocycles. The van der Waals surface area contributed by atoms with Crippen LogP contribution in [0.3, 0.4) is 0 Å². The van der Waals surface area contributed by atoms with Crippen LogP contribution in [-0.4, -0.2) is 49.5 Å². The molecule has 0 radical (unpaired) electrons. The molecule has 23 heavy (non-hydrogen) atoms. The SMILES string of the molecule is COc1cccc2c1C1(OCCO1)[C@@H](O)[C@@]1(CCCCO1)C2=O. The third kappa shape index (κ3) is 1.86. The van der Waals surface area contributed by atoms with Gasteiger partial charge >= 0.3 is 0 Å². The number of fused-ring (bicyclic) bond motifs is 2. The molecule has 0 bridgehead atoms. The van der Waals surface area contributed by atoms with Crippen LogP contribution in [0.5, 0.6) is 5.75 Å². The zero-order valence-corrected chi connectivity index (χ0v) is 13.0. The Morgan fingerprint density at radius 1 is 1.17 bits per heavy atom. The summed E-state index contributed by atoms with van der Waals surface area (Å²) in [5.74, 6) is -1.15. The maximum absolute atomic E-state index is 13.2. The lowest BCUT2D eigenvalue weighted by atomic mass is 9.70. The fraction of sp³-hybridized carbons (Fsp3) is 0.588. The molecule has 1 aromatic rings. The number of methoxy groups -OCH3 is 1. The average Bonchev–Trinajstić information content (AvgIpc) is 3.09. The maximum atomic E-state index is 13.2. The van der Waals surface area contributed by atoms with E-state index in [0.29, 0.717) is 43.1 Å². The molecule has 6 heteroatoms. The maximum Gasteiger partial charge on any atom is 0.229 e. The number of ether oxygens (including phenoxy) is 4. The van der Waals surface area contributed by atoms with Gasteiger partial charge in [0.15, 0.2) is 11.4 Å². The molecule has 2 fully saturated rings. The molecule has 1 N–H and O–H groups in total. The van der Waals surface area contributed by atoms with Crippen LogP contribution in [0.1, 0.15) is 35.2 Å². The van der Waals surface area contributed by atoms with Gasteiger partial charge < -0.3 is 24.1 Å². The van der Waals surface area contributed by atoms with E-state index in [1.807, 2.05) is 0 Å². The van der Waals surface area contributed by atoms with Crippen molar-refractivity contribution in [2.75, 3.05) is 26.9 Å².